The van der Waals surface area contributed by atoms with Crippen LogP contribution in [0.2, 0.25) is 0 Å². The van der Waals surface area contributed by atoms with Crippen LogP contribution in [0.25, 0.3) is 0 Å². The van der Waals surface area contributed by atoms with E-state index >= 15 is 0 Å². The third-order valence-electron chi connectivity index (χ3n) is 3.41. The number of rotatable bonds is 5. The molecule has 1 fully saturated rings. The number of hydrogen-bond donors (Lipinski definition) is 1. The zero-order valence-electron chi connectivity index (χ0n) is 11.6. The van der Waals surface area contributed by atoms with E-state index in [0.717, 1.165) is 19.0 Å². The zero-order valence-corrected chi connectivity index (χ0v) is 11.6. The van der Waals surface area contributed by atoms with E-state index in [2.05, 4.69) is 51.2 Å². The number of hydrogen-bond acceptors (Lipinski definition) is 1. The Kier molecular flexibility index (Phi) is 3.58. The predicted octanol–water partition coefficient (Wildman–Crippen LogP) is 3.62. The van der Waals surface area contributed by atoms with Gasteiger partial charge >= 0.3 is 0 Å². The highest BCUT2D eigenvalue weighted by Crippen LogP contribution is 2.25. The SMILES string of the molecule is Cc1cc(C)cc(CC(C)(C)CNC2CC2)c1. The molecule has 2 rings (SSSR count). The highest BCUT2D eigenvalue weighted by Gasteiger charge is 2.25. The van der Waals surface area contributed by atoms with Crippen molar-refractivity contribution >= 4 is 0 Å². The van der Waals surface area contributed by atoms with Crippen LogP contribution in [0.3, 0.4) is 0 Å². The maximum atomic E-state index is 3.65. The molecule has 1 aliphatic rings. The van der Waals surface area contributed by atoms with E-state index in [-0.39, 0.29) is 0 Å². The Morgan fingerprint density at radius 2 is 1.71 bits per heavy atom. The standard InChI is InChI=1S/C16H25N/c1-12-7-13(2)9-14(8-12)10-16(3,4)11-17-15-5-6-15/h7-9,15,17H,5-6,10-11H2,1-4H3. The van der Waals surface area contributed by atoms with Crippen LogP contribution in [-0.2, 0) is 6.42 Å². The van der Waals surface area contributed by atoms with Gasteiger partial charge in [0.2, 0.25) is 0 Å². The van der Waals surface area contributed by atoms with Gasteiger partial charge in [0.05, 0.1) is 0 Å². The van der Waals surface area contributed by atoms with Crippen LogP contribution >= 0.6 is 0 Å². The van der Waals surface area contributed by atoms with Crippen LogP contribution < -0.4 is 5.32 Å². The Morgan fingerprint density at radius 1 is 1.12 bits per heavy atom. The van der Waals surface area contributed by atoms with Crippen molar-refractivity contribution in [2.24, 2.45) is 5.41 Å². The fourth-order valence-corrected chi connectivity index (χ4v) is 2.49. The highest BCUT2D eigenvalue weighted by molar-refractivity contribution is 5.29. The molecule has 0 aliphatic heterocycles. The molecule has 1 N–H and O–H groups in total. The van der Waals surface area contributed by atoms with Gasteiger partial charge in [-0.3, -0.25) is 0 Å². The van der Waals surface area contributed by atoms with Crippen molar-refractivity contribution in [1.29, 1.82) is 0 Å². The van der Waals surface area contributed by atoms with Gasteiger partial charge in [-0.05, 0) is 44.1 Å². The molecule has 1 aromatic carbocycles. The molecule has 1 saturated carbocycles. The van der Waals surface area contributed by atoms with Crippen molar-refractivity contribution in [3.05, 3.63) is 34.9 Å². The second-order valence-corrected chi connectivity index (χ2v) is 6.49. The van der Waals surface area contributed by atoms with Crippen LogP contribution in [0.5, 0.6) is 0 Å². The summed E-state index contributed by atoms with van der Waals surface area (Å²) in [4.78, 5) is 0. The summed E-state index contributed by atoms with van der Waals surface area (Å²) in [5.41, 5.74) is 4.59. The minimum Gasteiger partial charge on any atom is -0.313 e. The lowest BCUT2D eigenvalue weighted by atomic mass is 9.85. The smallest absolute Gasteiger partial charge is 0.00684 e. The number of benzene rings is 1. The number of nitrogens with one attached hydrogen (secondary N) is 1. The normalized spacial score (nSPS) is 16.2. The second-order valence-electron chi connectivity index (χ2n) is 6.49. The Hall–Kier alpha value is -0.820. The maximum absolute atomic E-state index is 3.65. The molecule has 0 bridgehead atoms. The van der Waals surface area contributed by atoms with Crippen molar-refractivity contribution in [1.82, 2.24) is 5.32 Å². The van der Waals surface area contributed by atoms with Gasteiger partial charge < -0.3 is 5.32 Å². The number of aryl methyl sites for hydroxylation is 2. The van der Waals surface area contributed by atoms with Gasteiger partial charge in [-0.1, -0.05) is 43.2 Å². The van der Waals surface area contributed by atoms with Crippen molar-refractivity contribution in [3.8, 4) is 0 Å². The summed E-state index contributed by atoms with van der Waals surface area (Å²) < 4.78 is 0. The van der Waals surface area contributed by atoms with E-state index in [1.807, 2.05) is 0 Å². The van der Waals surface area contributed by atoms with Gasteiger partial charge in [-0.15, -0.1) is 0 Å². The summed E-state index contributed by atoms with van der Waals surface area (Å²) in [5.74, 6) is 0. The molecule has 0 radical (unpaired) electrons. The molecule has 1 nitrogen and oxygen atoms in total. The molecule has 1 heteroatoms. The Morgan fingerprint density at radius 3 is 2.24 bits per heavy atom. The van der Waals surface area contributed by atoms with Crippen LogP contribution in [0.4, 0.5) is 0 Å². The molecule has 0 heterocycles. The van der Waals surface area contributed by atoms with Crippen molar-refractivity contribution in [2.75, 3.05) is 6.54 Å². The molecule has 0 unspecified atom stereocenters. The molecular weight excluding hydrogens is 206 g/mol. The summed E-state index contributed by atoms with van der Waals surface area (Å²) in [5, 5.41) is 3.65. The first-order valence-electron chi connectivity index (χ1n) is 6.75. The fourth-order valence-electron chi connectivity index (χ4n) is 2.49. The fraction of sp³-hybridized carbons (Fsp3) is 0.625. The summed E-state index contributed by atoms with van der Waals surface area (Å²) in [7, 11) is 0. The summed E-state index contributed by atoms with van der Waals surface area (Å²) >= 11 is 0. The molecular formula is C16H25N. The van der Waals surface area contributed by atoms with Crippen LogP contribution in [0.15, 0.2) is 18.2 Å². The topological polar surface area (TPSA) is 12.0 Å². The van der Waals surface area contributed by atoms with E-state index in [4.69, 9.17) is 0 Å². The second kappa shape index (κ2) is 4.81. The van der Waals surface area contributed by atoms with E-state index in [9.17, 15) is 0 Å². The van der Waals surface area contributed by atoms with Crippen LogP contribution in [-0.4, -0.2) is 12.6 Å². The molecule has 0 aromatic heterocycles. The first-order chi connectivity index (χ1) is 7.94. The van der Waals surface area contributed by atoms with Gasteiger partial charge in [0.25, 0.3) is 0 Å². The van der Waals surface area contributed by atoms with E-state index in [0.29, 0.717) is 5.41 Å². The summed E-state index contributed by atoms with van der Waals surface area (Å²) in [6, 6.07) is 7.71. The lowest BCUT2D eigenvalue weighted by molar-refractivity contribution is 0.337. The molecule has 1 aliphatic carbocycles. The van der Waals surface area contributed by atoms with Crippen LogP contribution in [0.1, 0.15) is 43.4 Å². The molecule has 94 valence electrons. The van der Waals surface area contributed by atoms with Gasteiger partial charge in [0.15, 0.2) is 0 Å². The molecule has 0 amide bonds. The Bertz CT molecular complexity index is 368. The summed E-state index contributed by atoms with van der Waals surface area (Å²) in [6.07, 6.45) is 3.91. The van der Waals surface area contributed by atoms with Crippen molar-refractivity contribution in [3.63, 3.8) is 0 Å². The van der Waals surface area contributed by atoms with Crippen molar-refractivity contribution < 1.29 is 0 Å². The quantitative estimate of drug-likeness (QED) is 0.816. The average molecular weight is 231 g/mol. The van der Waals surface area contributed by atoms with Gasteiger partial charge in [-0.2, -0.15) is 0 Å². The zero-order chi connectivity index (χ0) is 12.5. The minimum atomic E-state index is 0.350. The predicted molar refractivity (Wildman–Crippen MR) is 74.4 cm³/mol. The summed E-state index contributed by atoms with van der Waals surface area (Å²) in [6.45, 7) is 10.2. The monoisotopic (exact) mass is 231 g/mol. The largest absolute Gasteiger partial charge is 0.313 e. The molecule has 17 heavy (non-hydrogen) atoms. The van der Waals surface area contributed by atoms with Gasteiger partial charge in [-0.25, -0.2) is 0 Å². The lowest BCUT2D eigenvalue weighted by Crippen LogP contribution is -2.32. The van der Waals surface area contributed by atoms with E-state index in [1.54, 1.807) is 0 Å². The van der Waals surface area contributed by atoms with E-state index < -0.39 is 0 Å². The van der Waals surface area contributed by atoms with Gasteiger partial charge in [0, 0.05) is 12.6 Å². The molecule has 0 atom stereocenters. The third-order valence-corrected chi connectivity index (χ3v) is 3.41. The maximum Gasteiger partial charge on any atom is 0.00684 e. The average Bonchev–Trinajstić information content (AvgIpc) is 2.95. The highest BCUT2D eigenvalue weighted by atomic mass is 15.0. The Balaban J connectivity index is 1.96. The molecule has 0 spiro atoms. The first kappa shape index (κ1) is 12.6. The first-order valence-corrected chi connectivity index (χ1v) is 6.75. The van der Waals surface area contributed by atoms with Gasteiger partial charge in [0.1, 0.15) is 0 Å². The third kappa shape index (κ3) is 4.16. The lowest BCUT2D eigenvalue weighted by Gasteiger charge is -2.25. The minimum absolute atomic E-state index is 0.350. The Labute approximate surface area is 106 Å². The van der Waals surface area contributed by atoms with Crippen molar-refractivity contribution in [2.45, 2.75) is 53.0 Å². The van der Waals surface area contributed by atoms with Crippen LogP contribution in [0, 0.1) is 19.3 Å². The molecule has 0 saturated heterocycles. The van der Waals surface area contributed by atoms with E-state index in [1.165, 1.54) is 29.5 Å². The molecule has 1 aromatic rings.